The maximum absolute atomic E-state index is 12.7. The van der Waals surface area contributed by atoms with Gasteiger partial charge in [-0.1, -0.05) is 6.92 Å². The van der Waals surface area contributed by atoms with Crippen molar-refractivity contribution in [2.24, 2.45) is 5.92 Å². The van der Waals surface area contributed by atoms with Crippen LogP contribution in [0.15, 0.2) is 33.1 Å². The third-order valence-electron chi connectivity index (χ3n) is 5.42. The number of piperidine rings is 1. The number of nitrogens with zero attached hydrogens (tertiary/aromatic N) is 1. The summed E-state index contributed by atoms with van der Waals surface area (Å²) in [5, 5.41) is 3.01. The van der Waals surface area contributed by atoms with Crippen molar-refractivity contribution < 1.29 is 13.6 Å². The first-order valence-electron chi connectivity index (χ1n) is 9.31. The normalized spacial score (nSPS) is 25.8. The van der Waals surface area contributed by atoms with Gasteiger partial charge in [-0.15, -0.1) is 0 Å². The molecule has 5 heteroatoms. The number of carbonyl (C=O) groups is 1. The molecule has 5 nitrogen and oxygen atoms in total. The maximum Gasteiger partial charge on any atom is 0.318 e. The Morgan fingerprint density at radius 2 is 2.00 bits per heavy atom. The first-order valence-corrected chi connectivity index (χ1v) is 9.31. The Hall–Kier alpha value is -2.17. The standard InChI is InChI=1S/C20H26N2O3/c1-13-11-16(13)18-9-7-15(25-18)12-21-20(23)22-10-4-3-5-17(22)19-8-6-14(2)24-19/h6-9,13,16-17H,3-5,10-12H2,1-2H3,(H,21,23). The average molecular weight is 342 g/mol. The van der Waals surface area contributed by atoms with Crippen molar-refractivity contribution in [3.05, 3.63) is 47.3 Å². The van der Waals surface area contributed by atoms with Gasteiger partial charge >= 0.3 is 6.03 Å². The molecule has 134 valence electrons. The number of urea groups is 1. The summed E-state index contributed by atoms with van der Waals surface area (Å²) in [5.74, 6) is 4.94. The highest BCUT2D eigenvalue weighted by Gasteiger charge is 2.36. The smallest absolute Gasteiger partial charge is 0.318 e. The molecule has 2 amide bonds. The van der Waals surface area contributed by atoms with E-state index in [-0.39, 0.29) is 12.1 Å². The predicted octanol–water partition coefficient (Wildman–Crippen LogP) is 4.74. The van der Waals surface area contributed by atoms with Crippen molar-refractivity contribution in [3.8, 4) is 0 Å². The molecule has 2 fully saturated rings. The first-order chi connectivity index (χ1) is 12.1. The molecule has 3 heterocycles. The van der Waals surface area contributed by atoms with Crippen LogP contribution in [0, 0.1) is 12.8 Å². The quantitative estimate of drug-likeness (QED) is 0.873. The molecular formula is C20H26N2O3. The summed E-state index contributed by atoms with van der Waals surface area (Å²) in [6, 6.07) is 7.96. The molecule has 1 aliphatic heterocycles. The SMILES string of the molecule is Cc1ccc(C2CCCCN2C(=O)NCc2ccc(C3CC3C)o2)o1. The van der Waals surface area contributed by atoms with E-state index in [2.05, 4.69) is 12.2 Å². The lowest BCUT2D eigenvalue weighted by Crippen LogP contribution is -2.44. The minimum Gasteiger partial charge on any atom is -0.464 e. The van der Waals surface area contributed by atoms with E-state index in [1.807, 2.05) is 36.1 Å². The topological polar surface area (TPSA) is 58.6 Å². The van der Waals surface area contributed by atoms with Gasteiger partial charge in [-0.3, -0.25) is 0 Å². The second kappa shape index (κ2) is 6.62. The number of nitrogens with one attached hydrogen (secondary N) is 1. The Bertz CT molecular complexity index is 748. The molecule has 0 bridgehead atoms. The van der Waals surface area contributed by atoms with Gasteiger partial charge in [0.25, 0.3) is 0 Å². The zero-order valence-corrected chi connectivity index (χ0v) is 15.0. The lowest BCUT2D eigenvalue weighted by Gasteiger charge is -2.34. The average Bonchev–Trinajstić information content (AvgIpc) is 3.02. The third-order valence-corrected chi connectivity index (χ3v) is 5.42. The highest BCUT2D eigenvalue weighted by atomic mass is 16.3. The molecule has 4 rings (SSSR count). The van der Waals surface area contributed by atoms with Crippen molar-refractivity contribution in [3.63, 3.8) is 0 Å². The maximum atomic E-state index is 12.7. The fourth-order valence-corrected chi connectivity index (χ4v) is 3.77. The molecule has 2 aliphatic rings. The zero-order valence-electron chi connectivity index (χ0n) is 15.0. The highest BCUT2D eigenvalue weighted by Crippen LogP contribution is 2.47. The summed E-state index contributed by atoms with van der Waals surface area (Å²) in [5.41, 5.74) is 0. The summed E-state index contributed by atoms with van der Waals surface area (Å²) < 4.78 is 11.7. The number of carbonyl (C=O) groups excluding carboxylic acids is 1. The largest absolute Gasteiger partial charge is 0.464 e. The number of aryl methyl sites for hydroxylation is 1. The summed E-state index contributed by atoms with van der Waals surface area (Å²) in [7, 11) is 0. The van der Waals surface area contributed by atoms with Crippen molar-refractivity contribution in [1.29, 1.82) is 0 Å². The molecule has 1 aliphatic carbocycles. The van der Waals surface area contributed by atoms with Gasteiger partial charge in [-0.05, 0) is 62.8 Å². The Labute approximate surface area is 148 Å². The molecule has 0 spiro atoms. The van der Waals surface area contributed by atoms with E-state index in [4.69, 9.17) is 8.83 Å². The molecule has 2 aromatic heterocycles. The number of furan rings is 2. The first kappa shape index (κ1) is 16.3. The predicted molar refractivity (Wildman–Crippen MR) is 94.2 cm³/mol. The Morgan fingerprint density at radius 3 is 2.72 bits per heavy atom. The number of likely N-dealkylation sites (tertiary alicyclic amines) is 1. The molecule has 3 atom stereocenters. The molecule has 0 aromatic carbocycles. The van der Waals surface area contributed by atoms with E-state index in [1.165, 1.54) is 6.42 Å². The second-order valence-electron chi connectivity index (χ2n) is 7.44. The minimum absolute atomic E-state index is 0.0296. The number of hydrogen-bond donors (Lipinski definition) is 1. The fraction of sp³-hybridized carbons (Fsp3) is 0.550. The summed E-state index contributed by atoms with van der Waals surface area (Å²) in [6.45, 7) is 5.37. The van der Waals surface area contributed by atoms with Crippen LogP contribution in [0.5, 0.6) is 0 Å². The molecule has 1 N–H and O–H groups in total. The van der Waals surface area contributed by atoms with Gasteiger partial charge in [-0.25, -0.2) is 4.79 Å². The summed E-state index contributed by atoms with van der Waals surface area (Å²) in [4.78, 5) is 14.6. The monoisotopic (exact) mass is 342 g/mol. The van der Waals surface area contributed by atoms with Gasteiger partial charge in [0.15, 0.2) is 0 Å². The zero-order chi connectivity index (χ0) is 17.4. The summed E-state index contributed by atoms with van der Waals surface area (Å²) in [6.07, 6.45) is 4.31. The number of amides is 2. The molecular weight excluding hydrogens is 316 g/mol. The van der Waals surface area contributed by atoms with E-state index in [1.54, 1.807) is 0 Å². The lowest BCUT2D eigenvalue weighted by atomic mass is 10.0. The van der Waals surface area contributed by atoms with Crippen LogP contribution in [0.3, 0.4) is 0 Å². The van der Waals surface area contributed by atoms with Gasteiger partial charge in [0.1, 0.15) is 23.0 Å². The van der Waals surface area contributed by atoms with E-state index in [0.717, 1.165) is 54.8 Å². The molecule has 1 saturated heterocycles. The molecule has 1 saturated carbocycles. The Balaban J connectivity index is 1.38. The van der Waals surface area contributed by atoms with Gasteiger partial charge in [-0.2, -0.15) is 0 Å². The van der Waals surface area contributed by atoms with Crippen LogP contribution in [-0.2, 0) is 6.54 Å². The van der Waals surface area contributed by atoms with Gasteiger partial charge in [0.05, 0.1) is 12.6 Å². The van der Waals surface area contributed by atoms with Gasteiger partial charge < -0.3 is 19.1 Å². The van der Waals surface area contributed by atoms with Crippen LogP contribution in [0.4, 0.5) is 4.79 Å². The lowest BCUT2D eigenvalue weighted by molar-refractivity contribution is 0.138. The van der Waals surface area contributed by atoms with E-state index in [9.17, 15) is 4.79 Å². The molecule has 3 unspecified atom stereocenters. The van der Waals surface area contributed by atoms with Crippen molar-refractivity contribution in [2.45, 2.75) is 58.0 Å². The van der Waals surface area contributed by atoms with E-state index >= 15 is 0 Å². The summed E-state index contributed by atoms with van der Waals surface area (Å²) >= 11 is 0. The third kappa shape index (κ3) is 3.46. The van der Waals surface area contributed by atoms with Crippen molar-refractivity contribution in [2.75, 3.05) is 6.54 Å². The molecule has 2 aromatic rings. The van der Waals surface area contributed by atoms with E-state index in [0.29, 0.717) is 12.5 Å². The van der Waals surface area contributed by atoms with Crippen LogP contribution >= 0.6 is 0 Å². The number of hydrogen-bond acceptors (Lipinski definition) is 3. The fourth-order valence-electron chi connectivity index (χ4n) is 3.77. The van der Waals surface area contributed by atoms with Crippen LogP contribution < -0.4 is 5.32 Å². The van der Waals surface area contributed by atoms with Crippen LogP contribution in [0.1, 0.15) is 67.6 Å². The van der Waals surface area contributed by atoms with Crippen molar-refractivity contribution in [1.82, 2.24) is 10.2 Å². The molecule has 0 radical (unpaired) electrons. The molecule has 25 heavy (non-hydrogen) atoms. The minimum atomic E-state index is -0.0449. The van der Waals surface area contributed by atoms with Crippen molar-refractivity contribution >= 4 is 6.03 Å². The second-order valence-corrected chi connectivity index (χ2v) is 7.44. The van der Waals surface area contributed by atoms with E-state index < -0.39 is 0 Å². The van der Waals surface area contributed by atoms with Crippen LogP contribution in [0.25, 0.3) is 0 Å². The van der Waals surface area contributed by atoms with Crippen LogP contribution in [0.2, 0.25) is 0 Å². The van der Waals surface area contributed by atoms with Gasteiger partial charge in [0, 0.05) is 12.5 Å². The Morgan fingerprint density at radius 1 is 1.20 bits per heavy atom. The highest BCUT2D eigenvalue weighted by molar-refractivity contribution is 5.74. The number of rotatable bonds is 4. The van der Waals surface area contributed by atoms with Crippen LogP contribution in [-0.4, -0.2) is 17.5 Å². The van der Waals surface area contributed by atoms with Gasteiger partial charge in [0.2, 0.25) is 0 Å². The Kier molecular flexibility index (Phi) is 4.32.